The quantitative estimate of drug-likeness (QED) is 0.627. The zero-order valence-corrected chi connectivity index (χ0v) is 12.5. The predicted molar refractivity (Wildman–Crippen MR) is 87.9 cm³/mol. The van der Waals surface area contributed by atoms with Crippen molar-refractivity contribution < 1.29 is 0 Å². The molecule has 4 heterocycles. The van der Waals surface area contributed by atoms with Gasteiger partial charge >= 0.3 is 0 Å². The van der Waals surface area contributed by atoms with Gasteiger partial charge in [0.15, 0.2) is 5.65 Å². The van der Waals surface area contributed by atoms with E-state index < -0.39 is 0 Å². The zero-order chi connectivity index (χ0) is 14.8. The van der Waals surface area contributed by atoms with Crippen molar-refractivity contribution in [2.24, 2.45) is 0 Å². The molecule has 0 aliphatic rings. The summed E-state index contributed by atoms with van der Waals surface area (Å²) in [5.41, 5.74) is 4.17. The molecule has 4 rings (SSSR count). The van der Waals surface area contributed by atoms with Crippen LogP contribution in [0, 0.1) is 0 Å². The van der Waals surface area contributed by atoms with Crippen LogP contribution in [0.1, 0.15) is 5.56 Å². The van der Waals surface area contributed by atoms with E-state index in [-0.39, 0.29) is 0 Å². The fourth-order valence-corrected chi connectivity index (χ4v) is 2.94. The van der Waals surface area contributed by atoms with Crippen LogP contribution in [0.2, 0.25) is 0 Å². The molecular weight excluding hydrogens is 294 g/mol. The lowest BCUT2D eigenvalue weighted by molar-refractivity contribution is 0.936. The number of hydrogen-bond donors (Lipinski definition) is 1. The van der Waals surface area contributed by atoms with Gasteiger partial charge in [-0.1, -0.05) is 6.07 Å². The Morgan fingerprint density at radius 1 is 1.18 bits per heavy atom. The summed E-state index contributed by atoms with van der Waals surface area (Å²) in [5.74, 6) is 0.827. The van der Waals surface area contributed by atoms with Gasteiger partial charge in [0.25, 0.3) is 0 Å². The summed E-state index contributed by atoms with van der Waals surface area (Å²) < 4.78 is 1.79. The Morgan fingerprint density at radius 3 is 3.00 bits per heavy atom. The van der Waals surface area contributed by atoms with Gasteiger partial charge in [-0.3, -0.25) is 4.98 Å². The largest absolute Gasteiger partial charge is 0.366 e. The molecule has 0 atom stereocenters. The molecule has 108 valence electrons. The number of nitrogens with zero attached hydrogens (tertiary/aromatic N) is 4. The van der Waals surface area contributed by atoms with Crippen LogP contribution in [-0.2, 0) is 6.54 Å². The summed E-state index contributed by atoms with van der Waals surface area (Å²) in [6, 6.07) is 7.97. The van der Waals surface area contributed by atoms with Gasteiger partial charge in [-0.25, -0.2) is 9.50 Å². The SMILES string of the molecule is c1cncc(CNc2ccn3ncc(-c4ccsc4)c3n2)c1. The summed E-state index contributed by atoms with van der Waals surface area (Å²) in [5, 5.41) is 11.8. The van der Waals surface area contributed by atoms with E-state index in [9.17, 15) is 0 Å². The van der Waals surface area contributed by atoms with Gasteiger partial charge in [0, 0.05) is 30.7 Å². The maximum absolute atomic E-state index is 4.68. The number of nitrogens with one attached hydrogen (secondary N) is 1. The Hall–Kier alpha value is -2.73. The summed E-state index contributed by atoms with van der Waals surface area (Å²) >= 11 is 1.67. The number of anilines is 1. The van der Waals surface area contributed by atoms with Crippen molar-refractivity contribution in [2.45, 2.75) is 6.54 Å². The third-order valence-electron chi connectivity index (χ3n) is 3.40. The smallest absolute Gasteiger partial charge is 0.165 e. The van der Waals surface area contributed by atoms with Crippen molar-refractivity contribution in [2.75, 3.05) is 5.32 Å². The Kier molecular flexibility index (Phi) is 3.29. The molecule has 1 N–H and O–H groups in total. The zero-order valence-electron chi connectivity index (χ0n) is 11.7. The number of rotatable bonds is 4. The molecule has 0 aliphatic heterocycles. The van der Waals surface area contributed by atoms with E-state index in [1.807, 2.05) is 36.8 Å². The van der Waals surface area contributed by atoms with Gasteiger partial charge in [-0.05, 0) is 40.1 Å². The molecule has 4 aromatic heterocycles. The second kappa shape index (κ2) is 5.57. The minimum absolute atomic E-state index is 0.693. The molecular formula is C16H13N5S. The molecule has 0 aromatic carbocycles. The average molecular weight is 307 g/mol. The van der Waals surface area contributed by atoms with Crippen molar-refractivity contribution in [3.05, 3.63) is 65.4 Å². The lowest BCUT2D eigenvalue weighted by Crippen LogP contribution is -2.03. The van der Waals surface area contributed by atoms with Gasteiger partial charge in [0.05, 0.1) is 6.20 Å². The number of hydrogen-bond acceptors (Lipinski definition) is 5. The van der Waals surface area contributed by atoms with Crippen LogP contribution in [0.4, 0.5) is 5.82 Å². The van der Waals surface area contributed by atoms with Crippen LogP contribution in [0.3, 0.4) is 0 Å². The molecule has 0 amide bonds. The fourth-order valence-electron chi connectivity index (χ4n) is 2.28. The first-order chi connectivity index (χ1) is 10.9. The molecule has 0 radical (unpaired) electrons. The van der Waals surface area contributed by atoms with Gasteiger partial charge < -0.3 is 5.32 Å². The van der Waals surface area contributed by atoms with E-state index >= 15 is 0 Å². The summed E-state index contributed by atoms with van der Waals surface area (Å²) in [6.45, 7) is 0.693. The average Bonchev–Trinajstić information content (AvgIpc) is 3.22. The molecule has 0 saturated carbocycles. The fraction of sp³-hybridized carbons (Fsp3) is 0.0625. The third kappa shape index (κ3) is 2.44. The minimum Gasteiger partial charge on any atom is -0.366 e. The highest BCUT2D eigenvalue weighted by Crippen LogP contribution is 2.26. The van der Waals surface area contributed by atoms with E-state index in [0.717, 1.165) is 28.2 Å². The van der Waals surface area contributed by atoms with Gasteiger partial charge in [0.2, 0.25) is 0 Å². The lowest BCUT2D eigenvalue weighted by Gasteiger charge is -2.06. The molecule has 0 aliphatic carbocycles. The number of fused-ring (bicyclic) bond motifs is 1. The molecule has 22 heavy (non-hydrogen) atoms. The van der Waals surface area contributed by atoms with E-state index in [2.05, 4.69) is 37.2 Å². The van der Waals surface area contributed by atoms with E-state index in [4.69, 9.17) is 0 Å². The Morgan fingerprint density at radius 2 is 2.18 bits per heavy atom. The van der Waals surface area contributed by atoms with E-state index in [0.29, 0.717) is 6.54 Å². The predicted octanol–water partition coefficient (Wildman–Crippen LogP) is 3.46. The minimum atomic E-state index is 0.693. The molecule has 0 bridgehead atoms. The van der Waals surface area contributed by atoms with Crippen LogP contribution in [0.25, 0.3) is 16.8 Å². The topological polar surface area (TPSA) is 55.1 Å². The van der Waals surface area contributed by atoms with Crippen LogP contribution < -0.4 is 5.32 Å². The number of aromatic nitrogens is 4. The maximum atomic E-state index is 4.68. The molecule has 0 fully saturated rings. The van der Waals surface area contributed by atoms with Crippen LogP contribution in [-0.4, -0.2) is 19.6 Å². The lowest BCUT2D eigenvalue weighted by atomic mass is 10.2. The first kappa shape index (κ1) is 13.0. The summed E-state index contributed by atoms with van der Waals surface area (Å²) in [6.07, 6.45) is 7.40. The van der Waals surface area contributed by atoms with Crippen molar-refractivity contribution in [1.82, 2.24) is 19.6 Å². The van der Waals surface area contributed by atoms with Crippen molar-refractivity contribution >= 4 is 22.8 Å². The van der Waals surface area contributed by atoms with Crippen LogP contribution in [0.15, 0.2) is 59.8 Å². The van der Waals surface area contributed by atoms with Gasteiger partial charge in [0.1, 0.15) is 5.82 Å². The van der Waals surface area contributed by atoms with Crippen LogP contribution in [0.5, 0.6) is 0 Å². The number of pyridine rings is 1. The summed E-state index contributed by atoms with van der Waals surface area (Å²) in [4.78, 5) is 8.79. The molecule has 6 heteroatoms. The van der Waals surface area contributed by atoms with Crippen molar-refractivity contribution in [1.29, 1.82) is 0 Å². The highest BCUT2D eigenvalue weighted by Gasteiger charge is 2.09. The first-order valence-corrected chi connectivity index (χ1v) is 7.84. The highest BCUT2D eigenvalue weighted by molar-refractivity contribution is 7.08. The first-order valence-electron chi connectivity index (χ1n) is 6.90. The Labute approximate surface area is 131 Å². The molecule has 0 unspecified atom stereocenters. The highest BCUT2D eigenvalue weighted by atomic mass is 32.1. The maximum Gasteiger partial charge on any atom is 0.165 e. The molecule has 0 saturated heterocycles. The second-order valence-corrected chi connectivity index (χ2v) is 5.65. The van der Waals surface area contributed by atoms with Crippen molar-refractivity contribution in [3.63, 3.8) is 0 Å². The van der Waals surface area contributed by atoms with Gasteiger partial charge in [-0.15, -0.1) is 0 Å². The van der Waals surface area contributed by atoms with Crippen LogP contribution >= 0.6 is 11.3 Å². The van der Waals surface area contributed by atoms with Crippen molar-refractivity contribution in [3.8, 4) is 11.1 Å². The molecule has 0 spiro atoms. The molecule has 5 nitrogen and oxygen atoms in total. The number of thiophene rings is 1. The molecule has 4 aromatic rings. The van der Waals surface area contributed by atoms with E-state index in [1.165, 1.54) is 0 Å². The second-order valence-electron chi connectivity index (χ2n) is 4.87. The Bertz CT molecular complexity index is 883. The van der Waals surface area contributed by atoms with E-state index in [1.54, 1.807) is 22.0 Å². The monoisotopic (exact) mass is 307 g/mol. The van der Waals surface area contributed by atoms with Gasteiger partial charge in [-0.2, -0.15) is 16.4 Å². The summed E-state index contributed by atoms with van der Waals surface area (Å²) in [7, 11) is 0. The third-order valence-corrected chi connectivity index (χ3v) is 4.08. The normalized spacial score (nSPS) is 10.9. The standard InChI is InChI=1S/C16H13N5S/c1-2-12(8-17-5-1)9-18-15-3-6-21-16(20-15)14(10-19-21)13-4-7-22-11-13/h1-8,10-11H,9H2,(H,18,20). The Balaban J connectivity index is 1.64.